The maximum atomic E-state index is 14.0. The molecule has 0 spiro atoms. The van der Waals surface area contributed by atoms with E-state index in [0.717, 1.165) is 24.1 Å². The predicted molar refractivity (Wildman–Crippen MR) is 89.8 cm³/mol. The van der Waals surface area contributed by atoms with E-state index in [9.17, 15) is 4.39 Å². The highest BCUT2D eigenvalue weighted by Crippen LogP contribution is 2.48. The standard InChI is InChI=1S/C18H21FN4/c1-20-17(22-12-14-6-4-5-11-21-14)23-13-18(9-10-18)15-7-2-3-8-16(15)19/h2-8,11H,9-10,12-13H2,1H3,(H2,20,22,23). The SMILES string of the molecule is CN=C(NCc1ccccn1)NCC1(c2ccccc2F)CC1. The minimum atomic E-state index is -0.122. The molecule has 1 fully saturated rings. The van der Waals surface area contributed by atoms with E-state index in [-0.39, 0.29) is 11.2 Å². The van der Waals surface area contributed by atoms with Crippen molar-refractivity contribution in [2.45, 2.75) is 24.8 Å². The highest BCUT2D eigenvalue weighted by atomic mass is 19.1. The van der Waals surface area contributed by atoms with Crippen molar-refractivity contribution in [3.05, 3.63) is 65.7 Å². The molecule has 23 heavy (non-hydrogen) atoms. The first-order valence-corrected chi connectivity index (χ1v) is 7.83. The van der Waals surface area contributed by atoms with Crippen LogP contribution in [0, 0.1) is 5.82 Å². The molecule has 0 aliphatic heterocycles. The maximum Gasteiger partial charge on any atom is 0.191 e. The third-order valence-electron chi connectivity index (χ3n) is 4.28. The fraction of sp³-hybridized carbons (Fsp3) is 0.333. The number of halogens is 1. The van der Waals surface area contributed by atoms with Crippen LogP contribution in [0.2, 0.25) is 0 Å². The number of aromatic nitrogens is 1. The van der Waals surface area contributed by atoms with E-state index in [0.29, 0.717) is 19.0 Å². The molecule has 2 N–H and O–H groups in total. The number of hydrogen-bond donors (Lipinski definition) is 2. The summed E-state index contributed by atoms with van der Waals surface area (Å²) in [5.41, 5.74) is 1.65. The summed E-state index contributed by atoms with van der Waals surface area (Å²) in [7, 11) is 1.73. The van der Waals surface area contributed by atoms with Crippen LogP contribution < -0.4 is 10.6 Å². The molecule has 2 aromatic rings. The highest BCUT2D eigenvalue weighted by Gasteiger charge is 2.45. The Morgan fingerprint density at radius 1 is 1.17 bits per heavy atom. The van der Waals surface area contributed by atoms with E-state index in [1.807, 2.05) is 30.3 Å². The second-order valence-electron chi connectivity index (χ2n) is 5.86. The molecule has 4 nitrogen and oxygen atoms in total. The molecule has 120 valence electrons. The molecule has 5 heteroatoms. The molecule has 1 aliphatic rings. The van der Waals surface area contributed by atoms with E-state index < -0.39 is 0 Å². The maximum absolute atomic E-state index is 14.0. The Balaban J connectivity index is 1.57. The number of benzene rings is 1. The van der Waals surface area contributed by atoms with Gasteiger partial charge < -0.3 is 10.6 Å². The Kier molecular flexibility index (Phi) is 4.55. The highest BCUT2D eigenvalue weighted by molar-refractivity contribution is 5.79. The van der Waals surface area contributed by atoms with Crippen LogP contribution in [0.5, 0.6) is 0 Å². The Labute approximate surface area is 135 Å². The van der Waals surface area contributed by atoms with Gasteiger partial charge in [-0.2, -0.15) is 0 Å². The molecule has 1 saturated carbocycles. The molecule has 3 rings (SSSR count). The van der Waals surface area contributed by atoms with Crippen molar-refractivity contribution in [2.24, 2.45) is 4.99 Å². The first kappa shape index (κ1) is 15.5. The zero-order valence-electron chi connectivity index (χ0n) is 13.2. The summed E-state index contributed by atoms with van der Waals surface area (Å²) in [4.78, 5) is 8.49. The second-order valence-corrected chi connectivity index (χ2v) is 5.86. The number of nitrogens with zero attached hydrogens (tertiary/aromatic N) is 2. The second kappa shape index (κ2) is 6.77. The Morgan fingerprint density at radius 2 is 1.96 bits per heavy atom. The minimum Gasteiger partial charge on any atom is -0.356 e. The summed E-state index contributed by atoms with van der Waals surface area (Å²) in [5.74, 6) is 0.585. The fourth-order valence-corrected chi connectivity index (χ4v) is 2.73. The van der Waals surface area contributed by atoms with Gasteiger partial charge in [0.05, 0.1) is 12.2 Å². The average molecular weight is 312 g/mol. The van der Waals surface area contributed by atoms with Gasteiger partial charge >= 0.3 is 0 Å². The lowest BCUT2D eigenvalue weighted by atomic mass is 9.95. The molecule has 0 unspecified atom stereocenters. The summed E-state index contributed by atoms with van der Waals surface area (Å²) >= 11 is 0. The predicted octanol–water partition coefficient (Wildman–Crippen LogP) is 2.62. The topological polar surface area (TPSA) is 49.3 Å². The number of nitrogens with one attached hydrogen (secondary N) is 2. The van der Waals surface area contributed by atoms with Crippen molar-refractivity contribution < 1.29 is 4.39 Å². The van der Waals surface area contributed by atoms with Crippen LogP contribution in [0.1, 0.15) is 24.1 Å². The lowest BCUT2D eigenvalue weighted by molar-refractivity contribution is 0.559. The zero-order chi connectivity index (χ0) is 16.1. The summed E-state index contributed by atoms with van der Waals surface area (Å²) < 4.78 is 14.0. The van der Waals surface area contributed by atoms with Gasteiger partial charge in [0, 0.05) is 25.2 Å². The van der Waals surface area contributed by atoms with Crippen LogP contribution in [-0.2, 0) is 12.0 Å². The zero-order valence-corrected chi connectivity index (χ0v) is 13.2. The molecule has 1 aromatic heterocycles. The number of guanidine groups is 1. The molecule has 0 atom stereocenters. The average Bonchev–Trinajstić information content (AvgIpc) is 3.37. The minimum absolute atomic E-state index is 0.103. The van der Waals surface area contributed by atoms with Crippen molar-refractivity contribution >= 4 is 5.96 Å². The molecule has 1 heterocycles. The van der Waals surface area contributed by atoms with Gasteiger partial charge in [0.15, 0.2) is 5.96 Å². The summed E-state index contributed by atoms with van der Waals surface area (Å²) in [6.45, 7) is 1.28. The summed E-state index contributed by atoms with van der Waals surface area (Å²) in [5, 5.41) is 6.55. The summed E-state index contributed by atoms with van der Waals surface area (Å²) in [6.07, 6.45) is 3.76. The van der Waals surface area contributed by atoms with Crippen LogP contribution >= 0.6 is 0 Å². The van der Waals surface area contributed by atoms with Crippen LogP contribution in [-0.4, -0.2) is 24.5 Å². The third-order valence-corrected chi connectivity index (χ3v) is 4.28. The van der Waals surface area contributed by atoms with E-state index in [1.54, 1.807) is 19.3 Å². The van der Waals surface area contributed by atoms with Crippen molar-refractivity contribution in [3.8, 4) is 0 Å². The number of aliphatic imine (C=N–C) groups is 1. The molecular weight excluding hydrogens is 291 g/mol. The largest absolute Gasteiger partial charge is 0.356 e. The van der Waals surface area contributed by atoms with Gasteiger partial charge in [0.25, 0.3) is 0 Å². The fourth-order valence-electron chi connectivity index (χ4n) is 2.73. The number of hydrogen-bond acceptors (Lipinski definition) is 2. The lowest BCUT2D eigenvalue weighted by Crippen LogP contribution is -2.41. The Bertz CT molecular complexity index is 680. The van der Waals surface area contributed by atoms with Crippen molar-refractivity contribution in [2.75, 3.05) is 13.6 Å². The van der Waals surface area contributed by atoms with Gasteiger partial charge in [0.2, 0.25) is 0 Å². The molecule has 0 radical (unpaired) electrons. The summed E-state index contributed by atoms with van der Waals surface area (Å²) in [6, 6.07) is 12.8. The first-order valence-electron chi connectivity index (χ1n) is 7.83. The van der Waals surface area contributed by atoms with Gasteiger partial charge in [-0.25, -0.2) is 4.39 Å². The molecular formula is C18H21FN4. The number of pyridine rings is 1. The van der Waals surface area contributed by atoms with E-state index in [1.165, 1.54) is 6.07 Å². The Hall–Kier alpha value is -2.43. The lowest BCUT2D eigenvalue weighted by Gasteiger charge is -2.19. The van der Waals surface area contributed by atoms with Crippen molar-refractivity contribution in [3.63, 3.8) is 0 Å². The van der Waals surface area contributed by atoms with Crippen LogP contribution in [0.4, 0.5) is 4.39 Å². The molecule has 0 amide bonds. The normalized spacial score (nSPS) is 16.0. The van der Waals surface area contributed by atoms with Gasteiger partial charge in [0.1, 0.15) is 5.82 Å². The van der Waals surface area contributed by atoms with Gasteiger partial charge in [-0.1, -0.05) is 24.3 Å². The van der Waals surface area contributed by atoms with E-state index in [4.69, 9.17) is 0 Å². The molecule has 1 aliphatic carbocycles. The first-order chi connectivity index (χ1) is 11.2. The molecule has 1 aromatic carbocycles. The van der Waals surface area contributed by atoms with Crippen molar-refractivity contribution in [1.29, 1.82) is 0 Å². The smallest absolute Gasteiger partial charge is 0.191 e. The van der Waals surface area contributed by atoms with Gasteiger partial charge in [-0.15, -0.1) is 0 Å². The van der Waals surface area contributed by atoms with Crippen LogP contribution in [0.25, 0.3) is 0 Å². The van der Waals surface area contributed by atoms with Crippen LogP contribution in [0.3, 0.4) is 0 Å². The van der Waals surface area contributed by atoms with Gasteiger partial charge in [-0.05, 0) is 36.6 Å². The van der Waals surface area contributed by atoms with Crippen molar-refractivity contribution in [1.82, 2.24) is 15.6 Å². The van der Waals surface area contributed by atoms with E-state index >= 15 is 0 Å². The Morgan fingerprint density at radius 3 is 2.61 bits per heavy atom. The monoisotopic (exact) mass is 312 g/mol. The van der Waals surface area contributed by atoms with E-state index in [2.05, 4.69) is 20.6 Å². The quantitative estimate of drug-likeness (QED) is 0.659. The molecule has 0 bridgehead atoms. The van der Waals surface area contributed by atoms with Crippen LogP contribution in [0.15, 0.2) is 53.7 Å². The molecule has 0 saturated heterocycles. The van der Waals surface area contributed by atoms with Gasteiger partial charge in [-0.3, -0.25) is 9.98 Å². The number of rotatable bonds is 5. The third kappa shape index (κ3) is 3.67.